The van der Waals surface area contributed by atoms with E-state index in [1.54, 1.807) is 40.8 Å². The van der Waals surface area contributed by atoms with Crippen molar-refractivity contribution in [1.82, 2.24) is 29.9 Å². The number of carbonyl (C=O) groups is 2. The molecule has 4 rings (SSSR count). The van der Waals surface area contributed by atoms with Gasteiger partial charge in [0.15, 0.2) is 0 Å². The molecule has 3 heterocycles. The van der Waals surface area contributed by atoms with Crippen molar-refractivity contribution in [1.29, 1.82) is 0 Å². The van der Waals surface area contributed by atoms with Gasteiger partial charge < -0.3 is 20.1 Å². The van der Waals surface area contributed by atoms with Gasteiger partial charge in [0.05, 0.1) is 12.6 Å². The van der Waals surface area contributed by atoms with E-state index in [0.29, 0.717) is 30.4 Å². The molecule has 8 nitrogen and oxygen atoms in total. The topological polar surface area (TPSA) is 86.3 Å². The van der Waals surface area contributed by atoms with Crippen LogP contribution in [-0.2, 0) is 13.6 Å². The largest absolute Gasteiger partial charge is 0.357 e. The lowest BCUT2D eigenvalue weighted by atomic mass is 10.0. The van der Waals surface area contributed by atoms with Crippen molar-refractivity contribution in [3.05, 3.63) is 52.9 Å². The molecule has 2 N–H and O–H groups in total. The number of halogens is 1. The molecular weight excluding hydrogens is 404 g/mol. The van der Waals surface area contributed by atoms with E-state index in [1.165, 1.54) is 0 Å². The molecular formula is C21H25ClN6O2. The van der Waals surface area contributed by atoms with Gasteiger partial charge in [-0.25, -0.2) is 4.79 Å². The highest BCUT2D eigenvalue weighted by Crippen LogP contribution is 2.20. The van der Waals surface area contributed by atoms with Gasteiger partial charge in [-0.1, -0.05) is 11.6 Å². The summed E-state index contributed by atoms with van der Waals surface area (Å²) < 4.78 is 1.58. The van der Waals surface area contributed by atoms with Gasteiger partial charge in [-0.05, 0) is 43.2 Å². The Labute approximate surface area is 179 Å². The van der Waals surface area contributed by atoms with Crippen LogP contribution in [0.4, 0.5) is 4.79 Å². The molecule has 158 valence electrons. The number of H-pyrrole nitrogens is 1. The fourth-order valence-electron chi connectivity index (χ4n) is 3.92. The highest BCUT2D eigenvalue weighted by molar-refractivity contribution is 6.31. The number of aryl methyl sites for hydroxylation is 1. The smallest absolute Gasteiger partial charge is 0.317 e. The van der Waals surface area contributed by atoms with Crippen molar-refractivity contribution >= 4 is 34.4 Å². The third-order valence-electron chi connectivity index (χ3n) is 5.66. The van der Waals surface area contributed by atoms with Crippen LogP contribution in [0.3, 0.4) is 0 Å². The molecule has 0 bridgehead atoms. The van der Waals surface area contributed by atoms with Gasteiger partial charge in [-0.3, -0.25) is 9.48 Å². The zero-order valence-electron chi connectivity index (χ0n) is 17.1. The maximum atomic E-state index is 12.8. The number of likely N-dealkylation sites (N-methyl/N-ethyl adjacent to an activating group) is 1. The average molecular weight is 429 g/mol. The van der Waals surface area contributed by atoms with Crippen molar-refractivity contribution in [2.45, 2.75) is 25.4 Å². The molecule has 1 aliphatic rings. The number of benzene rings is 1. The molecule has 1 fully saturated rings. The first-order valence-corrected chi connectivity index (χ1v) is 10.4. The number of fused-ring (bicyclic) bond motifs is 1. The highest BCUT2D eigenvalue weighted by Gasteiger charge is 2.29. The first-order valence-electron chi connectivity index (χ1n) is 9.97. The summed E-state index contributed by atoms with van der Waals surface area (Å²) in [6.45, 7) is 1.59. The lowest BCUT2D eigenvalue weighted by Crippen LogP contribution is -2.52. The number of nitrogens with zero attached hydrogens (tertiary/aromatic N) is 4. The van der Waals surface area contributed by atoms with Gasteiger partial charge in [0.1, 0.15) is 5.69 Å². The second kappa shape index (κ2) is 8.39. The van der Waals surface area contributed by atoms with Crippen LogP contribution in [-0.4, -0.2) is 62.7 Å². The van der Waals surface area contributed by atoms with Crippen molar-refractivity contribution in [2.75, 3.05) is 20.1 Å². The molecule has 0 aliphatic carbocycles. The fourth-order valence-corrected chi connectivity index (χ4v) is 4.10. The quantitative estimate of drug-likeness (QED) is 0.669. The van der Waals surface area contributed by atoms with E-state index in [0.717, 1.165) is 29.4 Å². The Morgan fingerprint density at radius 1 is 1.33 bits per heavy atom. The summed E-state index contributed by atoms with van der Waals surface area (Å²) in [5.41, 5.74) is 2.45. The summed E-state index contributed by atoms with van der Waals surface area (Å²) >= 11 is 6.04. The van der Waals surface area contributed by atoms with Crippen LogP contribution in [0.2, 0.25) is 5.02 Å². The number of amides is 3. The predicted molar refractivity (Wildman–Crippen MR) is 115 cm³/mol. The van der Waals surface area contributed by atoms with Gasteiger partial charge in [-0.15, -0.1) is 0 Å². The molecule has 1 aliphatic heterocycles. The first-order chi connectivity index (χ1) is 14.4. The van der Waals surface area contributed by atoms with Crippen molar-refractivity contribution < 1.29 is 9.59 Å². The molecule has 3 aromatic rings. The SMILES string of the molecule is CN(C(=O)NCc1cc2cc(Cl)ccc2[nH]1)C1CCCN(C(=O)c2ccnn2C)C1. The van der Waals surface area contributed by atoms with Gasteiger partial charge in [0.25, 0.3) is 5.91 Å². The number of hydrogen-bond donors (Lipinski definition) is 2. The number of likely N-dealkylation sites (tertiary alicyclic amines) is 1. The summed E-state index contributed by atoms with van der Waals surface area (Å²) in [6, 6.07) is 9.15. The Bertz CT molecular complexity index is 1070. The van der Waals surface area contributed by atoms with E-state index < -0.39 is 0 Å². The van der Waals surface area contributed by atoms with Crippen LogP contribution in [0.25, 0.3) is 10.9 Å². The Balaban J connectivity index is 1.35. The Kier molecular flexibility index (Phi) is 5.67. The average Bonchev–Trinajstić information content (AvgIpc) is 3.36. The van der Waals surface area contributed by atoms with Crippen molar-refractivity contribution in [3.63, 3.8) is 0 Å². The summed E-state index contributed by atoms with van der Waals surface area (Å²) in [5, 5.41) is 8.72. The van der Waals surface area contributed by atoms with Crippen LogP contribution in [0.1, 0.15) is 29.0 Å². The minimum Gasteiger partial charge on any atom is -0.357 e. The number of urea groups is 1. The van der Waals surface area contributed by atoms with Crippen molar-refractivity contribution in [3.8, 4) is 0 Å². The normalized spacial score (nSPS) is 16.6. The molecule has 30 heavy (non-hydrogen) atoms. The summed E-state index contributed by atoms with van der Waals surface area (Å²) in [7, 11) is 3.54. The van der Waals surface area contributed by atoms with E-state index in [-0.39, 0.29) is 18.0 Å². The minimum atomic E-state index is -0.161. The molecule has 1 aromatic carbocycles. The van der Waals surface area contributed by atoms with Crippen LogP contribution < -0.4 is 5.32 Å². The lowest BCUT2D eigenvalue weighted by Gasteiger charge is -2.37. The molecule has 0 saturated carbocycles. The first kappa shape index (κ1) is 20.3. The van der Waals surface area contributed by atoms with Crippen LogP contribution >= 0.6 is 11.6 Å². The Morgan fingerprint density at radius 2 is 2.17 bits per heavy atom. The molecule has 1 atom stereocenters. The maximum Gasteiger partial charge on any atom is 0.317 e. The molecule has 1 unspecified atom stereocenters. The second-order valence-electron chi connectivity index (χ2n) is 7.68. The highest BCUT2D eigenvalue weighted by atomic mass is 35.5. The monoisotopic (exact) mass is 428 g/mol. The third-order valence-corrected chi connectivity index (χ3v) is 5.90. The molecule has 0 radical (unpaired) electrons. The van der Waals surface area contributed by atoms with E-state index in [2.05, 4.69) is 15.4 Å². The summed E-state index contributed by atoms with van der Waals surface area (Å²) in [4.78, 5) is 32.3. The predicted octanol–water partition coefficient (Wildman–Crippen LogP) is 3.00. The zero-order valence-corrected chi connectivity index (χ0v) is 17.8. The van der Waals surface area contributed by atoms with E-state index in [9.17, 15) is 9.59 Å². The van der Waals surface area contributed by atoms with Gasteiger partial charge in [0.2, 0.25) is 0 Å². The number of aromatic amines is 1. The Morgan fingerprint density at radius 3 is 2.93 bits per heavy atom. The molecule has 0 spiro atoms. The number of aromatic nitrogens is 3. The van der Waals surface area contributed by atoms with Gasteiger partial charge in [-0.2, -0.15) is 5.10 Å². The number of carbonyl (C=O) groups excluding carboxylic acids is 2. The summed E-state index contributed by atoms with van der Waals surface area (Å²) in [5.74, 6) is -0.0507. The van der Waals surface area contributed by atoms with Crippen molar-refractivity contribution in [2.24, 2.45) is 7.05 Å². The second-order valence-corrected chi connectivity index (χ2v) is 8.12. The lowest BCUT2D eigenvalue weighted by molar-refractivity contribution is 0.0625. The van der Waals surface area contributed by atoms with E-state index in [4.69, 9.17) is 11.6 Å². The number of piperidine rings is 1. The molecule has 3 amide bonds. The van der Waals surface area contributed by atoms with Crippen LogP contribution in [0.5, 0.6) is 0 Å². The van der Waals surface area contributed by atoms with Gasteiger partial charge in [0, 0.05) is 55.0 Å². The Hall–Kier alpha value is -3.00. The third kappa shape index (κ3) is 4.14. The fraction of sp³-hybridized carbons (Fsp3) is 0.381. The molecule has 1 saturated heterocycles. The number of nitrogens with one attached hydrogen (secondary N) is 2. The minimum absolute atomic E-state index is 0.0301. The van der Waals surface area contributed by atoms with Crippen LogP contribution in [0, 0.1) is 0 Å². The molecule has 2 aromatic heterocycles. The number of hydrogen-bond acceptors (Lipinski definition) is 3. The molecule has 9 heteroatoms. The van der Waals surface area contributed by atoms with Crippen LogP contribution in [0.15, 0.2) is 36.5 Å². The maximum absolute atomic E-state index is 12.8. The zero-order chi connectivity index (χ0) is 21.3. The van der Waals surface area contributed by atoms with Gasteiger partial charge >= 0.3 is 6.03 Å². The summed E-state index contributed by atoms with van der Waals surface area (Å²) in [6.07, 6.45) is 3.34. The standard InChI is InChI=1S/C21H25ClN6O2/c1-26(17-4-3-9-28(13-17)20(29)19-7-8-24-27(19)2)21(30)23-12-16-11-14-10-15(22)5-6-18(14)25-16/h5-8,10-11,17,25H,3-4,9,12-13H2,1-2H3,(H,23,30). The number of rotatable bonds is 4. The van der Waals surface area contributed by atoms with E-state index in [1.807, 2.05) is 24.3 Å². The van der Waals surface area contributed by atoms with E-state index >= 15 is 0 Å².